The maximum atomic E-state index is 13.3. The Morgan fingerprint density at radius 2 is 1.75 bits per heavy atom. The van der Waals surface area contributed by atoms with E-state index in [9.17, 15) is 9.18 Å². The number of rotatable bonds is 4. The van der Waals surface area contributed by atoms with Gasteiger partial charge < -0.3 is 4.74 Å². The molecule has 0 aliphatic carbocycles. The van der Waals surface area contributed by atoms with E-state index in [1.54, 1.807) is 37.3 Å². The Labute approximate surface area is 118 Å². The minimum absolute atomic E-state index is 0.0852. The number of hydrogen-bond donors (Lipinski definition) is 0. The Balaban J connectivity index is 2.27. The van der Waals surface area contributed by atoms with Crippen LogP contribution in [0.1, 0.15) is 35.3 Å². The number of carbonyl (C=O) groups is 1. The molecular weight excluding hydrogens is 255 g/mol. The molecule has 0 atom stereocenters. The predicted octanol–water partition coefficient (Wildman–Crippen LogP) is 4.15. The fourth-order valence-corrected chi connectivity index (χ4v) is 1.95. The van der Waals surface area contributed by atoms with E-state index in [4.69, 9.17) is 4.74 Å². The van der Waals surface area contributed by atoms with Crippen LogP contribution in [0.15, 0.2) is 42.5 Å². The normalized spacial score (nSPS) is 10.7. The molecule has 0 saturated heterocycles. The summed E-state index contributed by atoms with van der Waals surface area (Å²) >= 11 is 0. The van der Waals surface area contributed by atoms with E-state index in [2.05, 4.69) is 0 Å². The van der Waals surface area contributed by atoms with E-state index < -0.39 is 5.82 Å². The van der Waals surface area contributed by atoms with Crippen molar-refractivity contribution in [2.75, 3.05) is 0 Å². The van der Waals surface area contributed by atoms with E-state index in [-0.39, 0.29) is 11.9 Å². The lowest BCUT2D eigenvalue weighted by molar-refractivity contribution is 0.103. The molecule has 0 radical (unpaired) electrons. The lowest BCUT2D eigenvalue weighted by atomic mass is 9.99. The van der Waals surface area contributed by atoms with Gasteiger partial charge in [0.15, 0.2) is 5.78 Å². The third kappa shape index (κ3) is 3.23. The fourth-order valence-electron chi connectivity index (χ4n) is 1.95. The first-order valence-corrected chi connectivity index (χ1v) is 6.55. The van der Waals surface area contributed by atoms with Crippen LogP contribution in [0, 0.1) is 12.7 Å². The Bertz CT molecular complexity index is 615. The van der Waals surface area contributed by atoms with Gasteiger partial charge in [-0.05, 0) is 62.7 Å². The molecular formula is C17H17FO2. The Morgan fingerprint density at radius 1 is 1.10 bits per heavy atom. The molecule has 0 N–H and O–H groups in total. The molecule has 2 aromatic carbocycles. The maximum Gasteiger partial charge on any atom is 0.193 e. The van der Waals surface area contributed by atoms with E-state index in [1.165, 1.54) is 12.1 Å². The average molecular weight is 272 g/mol. The van der Waals surface area contributed by atoms with Gasteiger partial charge in [0.05, 0.1) is 6.10 Å². The van der Waals surface area contributed by atoms with Crippen molar-refractivity contribution in [3.63, 3.8) is 0 Å². The molecule has 0 fully saturated rings. The smallest absolute Gasteiger partial charge is 0.193 e. The SMILES string of the molecule is Cc1ccc(F)cc1C(=O)c1ccc(OC(C)C)cc1. The number of hydrogen-bond acceptors (Lipinski definition) is 2. The Kier molecular flexibility index (Phi) is 4.18. The topological polar surface area (TPSA) is 26.3 Å². The number of ketones is 1. The molecule has 2 nitrogen and oxygen atoms in total. The second-order valence-corrected chi connectivity index (χ2v) is 4.98. The Morgan fingerprint density at radius 3 is 2.35 bits per heavy atom. The first-order valence-electron chi connectivity index (χ1n) is 6.55. The minimum Gasteiger partial charge on any atom is -0.491 e. The summed E-state index contributed by atoms with van der Waals surface area (Å²) < 4.78 is 18.8. The lowest BCUT2D eigenvalue weighted by Gasteiger charge is -2.10. The molecule has 0 spiro atoms. The van der Waals surface area contributed by atoms with E-state index in [0.717, 1.165) is 5.56 Å². The molecule has 0 aromatic heterocycles. The van der Waals surface area contributed by atoms with Crippen LogP contribution >= 0.6 is 0 Å². The van der Waals surface area contributed by atoms with Crippen LogP contribution in [0.3, 0.4) is 0 Å². The molecule has 104 valence electrons. The molecule has 2 aromatic rings. The molecule has 0 bridgehead atoms. The number of ether oxygens (including phenoxy) is 1. The van der Waals surface area contributed by atoms with Gasteiger partial charge in [0, 0.05) is 11.1 Å². The van der Waals surface area contributed by atoms with Gasteiger partial charge in [-0.25, -0.2) is 4.39 Å². The average Bonchev–Trinajstić information content (AvgIpc) is 2.41. The highest BCUT2D eigenvalue weighted by Crippen LogP contribution is 2.19. The number of benzene rings is 2. The van der Waals surface area contributed by atoms with Gasteiger partial charge in [-0.1, -0.05) is 6.07 Å². The minimum atomic E-state index is -0.404. The van der Waals surface area contributed by atoms with Crippen LogP contribution in [0.25, 0.3) is 0 Å². The third-order valence-electron chi connectivity index (χ3n) is 2.93. The molecule has 0 heterocycles. The van der Waals surface area contributed by atoms with Gasteiger partial charge in [0.2, 0.25) is 0 Å². The third-order valence-corrected chi connectivity index (χ3v) is 2.93. The number of halogens is 1. The molecule has 0 aliphatic heterocycles. The first kappa shape index (κ1) is 14.3. The molecule has 20 heavy (non-hydrogen) atoms. The van der Waals surface area contributed by atoms with Gasteiger partial charge in [-0.2, -0.15) is 0 Å². The first-order chi connectivity index (χ1) is 9.47. The van der Waals surface area contributed by atoms with E-state index >= 15 is 0 Å². The Hall–Kier alpha value is -2.16. The summed E-state index contributed by atoms with van der Waals surface area (Å²) in [6, 6.07) is 11.1. The van der Waals surface area contributed by atoms with Gasteiger partial charge >= 0.3 is 0 Å². The molecule has 0 unspecified atom stereocenters. The van der Waals surface area contributed by atoms with E-state index in [1.807, 2.05) is 13.8 Å². The summed E-state index contributed by atoms with van der Waals surface area (Å²) in [7, 11) is 0. The van der Waals surface area contributed by atoms with E-state index in [0.29, 0.717) is 16.9 Å². The molecule has 0 amide bonds. The summed E-state index contributed by atoms with van der Waals surface area (Å²) in [5.74, 6) is 0.129. The van der Waals surface area contributed by atoms with Crippen molar-refractivity contribution in [2.24, 2.45) is 0 Å². The molecule has 3 heteroatoms. The van der Waals surface area contributed by atoms with Crippen LogP contribution in [0.4, 0.5) is 4.39 Å². The number of aryl methyl sites for hydroxylation is 1. The van der Waals surface area contributed by atoms with Crippen molar-refractivity contribution in [3.8, 4) is 5.75 Å². The second-order valence-electron chi connectivity index (χ2n) is 4.98. The lowest BCUT2D eigenvalue weighted by Crippen LogP contribution is -2.07. The number of carbonyl (C=O) groups excluding carboxylic acids is 1. The van der Waals surface area contributed by atoms with Crippen molar-refractivity contribution in [3.05, 3.63) is 65.0 Å². The fraction of sp³-hybridized carbons (Fsp3) is 0.235. The summed E-state index contributed by atoms with van der Waals surface area (Å²) in [6.07, 6.45) is 0.0852. The maximum absolute atomic E-state index is 13.3. The summed E-state index contributed by atoms with van der Waals surface area (Å²) in [4.78, 5) is 12.3. The van der Waals surface area contributed by atoms with Crippen molar-refractivity contribution in [2.45, 2.75) is 26.9 Å². The molecule has 0 aliphatic rings. The van der Waals surface area contributed by atoms with Crippen molar-refractivity contribution in [1.29, 1.82) is 0 Å². The highest BCUT2D eigenvalue weighted by molar-refractivity contribution is 6.09. The van der Waals surface area contributed by atoms with Crippen molar-refractivity contribution >= 4 is 5.78 Å². The zero-order valence-electron chi connectivity index (χ0n) is 11.8. The van der Waals surface area contributed by atoms with Crippen molar-refractivity contribution < 1.29 is 13.9 Å². The second kappa shape index (κ2) is 5.87. The van der Waals surface area contributed by atoms with Gasteiger partial charge in [0.25, 0.3) is 0 Å². The van der Waals surface area contributed by atoms with Gasteiger partial charge in [0.1, 0.15) is 11.6 Å². The van der Waals surface area contributed by atoms with Gasteiger partial charge in [-0.3, -0.25) is 4.79 Å². The van der Waals surface area contributed by atoms with Gasteiger partial charge in [-0.15, -0.1) is 0 Å². The standard InChI is InChI=1S/C17H17FO2/c1-11(2)20-15-8-5-13(6-9-15)17(19)16-10-14(18)7-4-12(16)3/h4-11H,1-3H3. The van der Waals surface area contributed by atoms with Crippen molar-refractivity contribution in [1.82, 2.24) is 0 Å². The molecule has 0 saturated carbocycles. The summed E-state index contributed by atoms with van der Waals surface area (Å²) in [6.45, 7) is 5.67. The highest BCUT2D eigenvalue weighted by Gasteiger charge is 2.13. The monoisotopic (exact) mass is 272 g/mol. The zero-order chi connectivity index (χ0) is 14.7. The summed E-state index contributed by atoms with van der Waals surface area (Å²) in [5, 5.41) is 0. The molecule has 2 rings (SSSR count). The highest BCUT2D eigenvalue weighted by atomic mass is 19.1. The predicted molar refractivity (Wildman–Crippen MR) is 76.8 cm³/mol. The van der Waals surface area contributed by atoms with Crippen LogP contribution in [0.5, 0.6) is 5.75 Å². The van der Waals surface area contributed by atoms with Crippen LogP contribution < -0.4 is 4.74 Å². The quantitative estimate of drug-likeness (QED) is 0.781. The zero-order valence-corrected chi connectivity index (χ0v) is 11.8. The van der Waals surface area contributed by atoms with Crippen LogP contribution in [0.2, 0.25) is 0 Å². The van der Waals surface area contributed by atoms with Crippen LogP contribution in [-0.2, 0) is 0 Å². The summed E-state index contributed by atoms with van der Waals surface area (Å²) in [5.41, 5.74) is 1.68. The largest absolute Gasteiger partial charge is 0.491 e. The van der Waals surface area contributed by atoms with Crippen LogP contribution in [-0.4, -0.2) is 11.9 Å².